The van der Waals surface area contributed by atoms with Crippen LogP contribution < -0.4 is 5.73 Å². The highest BCUT2D eigenvalue weighted by atomic mass is 32.2. The van der Waals surface area contributed by atoms with Gasteiger partial charge in [0.15, 0.2) is 5.69 Å². The minimum atomic E-state index is -1.12. The van der Waals surface area contributed by atoms with Crippen molar-refractivity contribution in [3.63, 3.8) is 0 Å². The molecule has 1 heterocycles. The quantitative estimate of drug-likeness (QED) is 0.709. The molecule has 1 aromatic rings. The van der Waals surface area contributed by atoms with Gasteiger partial charge in [0.2, 0.25) is 0 Å². The van der Waals surface area contributed by atoms with Crippen molar-refractivity contribution < 1.29 is 9.90 Å². The second-order valence-corrected chi connectivity index (χ2v) is 3.42. The van der Waals surface area contributed by atoms with E-state index in [1.165, 1.54) is 16.3 Å². The molecular formula is C8H9N3O2S. The van der Waals surface area contributed by atoms with Gasteiger partial charge in [-0.25, -0.2) is 4.79 Å². The topological polar surface area (TPSA) is 92.0 Å². The first-order chi connectivity index (χ1) is 6.54. The molecule has 0 unspecified atom stereocenters. The molecule has 0 radical (unpaired) electrons. The number of nitrogen functional groups attached to an aromatic ring is 1. The highest BCUT2D eigenvalue weighted by molar-refractivity contribution is 7.98. The van der Waals surface area contributed by atoms with Crippen LogP contribution in [0.15, 0.2) is 5.03 Å². The van der Waals surface area contributed by atoms with Gasteiger partial charge >= 0.3 is 5.97 Å². The summed E-state index contributed by atoms with van der Waals surface area (Å²) in [5, 5.41) is 18.2. The van der Waals surface area contributed by atoms with Crippen LogP contribution in [-0.4, -0.2) is 21.9 Å². The smallest absolute Gasteiger partial charge is 0.354 e. The molecule has 0 spiro atoms. The molecule has 1 aromatic heterocycles. The third-order valence-corrected chi connectivity index (χ3v) is 2.75. The van der Waals surface area contributed by atoms with Crippen molar-refractivity contribution >= 4 is 23.4 Å². The Bertz CT molecular complexity index is 431. The number of carboxylic acid groups (broad SMARTS) is 1. The zero-order chi connectivity index (χ0) is 10.9. The lowest BCUT2D eigenvalue weighted by molar-refractivity contribution is 0.0687. The molecule has 0 aliphatic carbocycles. The number of carbonyl (C=O) groups is 1. The second-order valence-electron chi connectivity index (χ2n) is 2.62. The molecule has 0 aliphatic rings. The summed E-state index contributed by atoms with van der Waals surface area (Å²) in [5.41, 5.74) is 5.79. The first-order valence-electron chi connectivity index (χ1n) is 3.70. The van der Waals surface area contributed by atoms with Crippen molar-refractivity contribution in [1.82, 2.24) is 4.57 Å². The first-order valence-corrected chi connectivity index (χ1v) is 4.92. The maximum Gasteiger partial charge on any atom is 0.354 e. The van der Waals surface area contributed by atoms with Gasteiger partial charge in [-0.1, -0.05) is 0 Å². The number of hydrogen-bond acceptors (Lipinski definition) is 4. The Morgan fingerprint density at radius 3 is 2.57 bits per heavy atom. The summed E-state index contributed by atoms with van der Waals surface area (Å²) in [6.45, 7) is 0. The van der Waals surface area contributed by atoms with Crippen LogP contribution in [0.2, 0.25) is 0 Å². The molecule has 0 bridgehead atoms. The number of anilines is 1. The van der Waals surface area contributed by atoms with Crippen molar-refractivity contribution in [1.29, 1.82) is 5.26 Å². The number of thioether (sulfide) groups is 1. The van der Waals surface area contributed by atoms with Gasteiger partial charge in [-0.05, 0) is 6.26 Å². The zero-order valence-corrected chi connectivity index (χ0v) is 8.55. The third kappa shape index (κ3) is 1.32. The van der Waals surface area contributed by atoms with E-state index >= 15 is 0 Å². The Kier molecular flexibility index (Phi) is 2.72. The summed E-state index contributed by atoms with van der Waals surface area (Å²) in [6.07, 6.45) is 1.77. The SMILES string of the molecule is CSc1c(C#N)c(N)c(C(=O)O)n1C. The highest BCUT2D eigenvalue weighted by Gasteiger charge is 2.22. The van der Waals surface area contributed by atoms with Gasteiger partial charge in [0.05, 0.1) is 10.7 Å². The fourth-order valence-corrected chi connectivity index (χ4v) is 2.01. The van der Waals surface area contributed by atoms with E-state index in [2.05, 4.69) is 0 Å². The van der Waals surface area contributed by atoms with Gasteiger partial charge in [-0.2, -0.15) is 5.26 Å². The number of rotatable bonds is 2. The second kappa shape index (κ2) is 3.64. The Morgan fingerprint density at radius 2 is 2.29 bits per heavy atom. The van der Waals surface area contributed by atoms with Gasteiger partial charge in [0, 0.05) is 7.05 Å². The van der Waals surface area contributed by atoms with Crippen LogP contribution in [0.3, 0.4) is 0 Å². The molecule has 0 aliphatic heterocycles. The Morgan fingerprint density at radius 1 is 1.71 bits per heavy atom. The van der Waals surface area contributed by atoms with Gasteiger partial charge in [-0.15, -0.1) is 11.8 Å². The summed E-state index contributed by atoms with van der Waals surface area (Å²) in [6, 6.07) is 1.90. The number of nitrogens with two attached hydrogens (primary N) is 1. The molecule has 6 heteroatoms. The van der Waals surface area contributed by atoms with Crippen molar-refractivity contribution in [2.24, 2.45) is 7.05 Å². The maximum atomic E-state index is 10.8. The number of nitrogens with zero attached hydrogens (tertiary/aromatic N) is 2. The van der Waals surface area contributed by atoms with E-state index in [9.17, 15) is 4.79 Å². The number of carboxylic acids is 1. The lowest BCUT2D eigenvalue weighted by Crippen LogP contribution is -2.07. The molecule has 74 valence electrons. The predicted molar refractivity (Wildman–Crippen MR) is 53.3 cm³/mol. The molecule has 0 fully saturated rings. The van der Waals surface area contributed by atoms with Gasteiger partial charge in [0.1, 0.15) is 11.6 Å². The maximum absolute atomic E-state index is 10.8. The largest absolute Gasteiger partial charge is 0.477 e. The molecule has 14 heavy (non-hydrogen) atoms. The molecule has 5 nitrogen and oxygen atoms in total. The molecule has 3 N–H and O–H groups in total. The van der Waals surface area contributed by atoms with Crippen LogP contribution in [-0.2, 0) is 7.05 Å². The summed E-state index contributed by atoms with van der Waals surface area (Å²) >= 11 is 1.30. The minimum absolute atomic E-state index is 0.0341. The van der Waals surface area contributed by atoms with E-state index in [4.69, 9.17) is 16.1 Å². The average molecular weight is 211 g/mol. The number of hydrogen-bond donors (Lipinski definition) is 2. The molecule has 0 amide bonds. The molecule has 0 saturated heterocycles. The van der Waals surface area contributed by atoms with E-state index < -0.39 is 5.97 Å². The number of aromatic nitrogens is 1. The van der Waals surface area contributed by atoms with Crippen molar-refractivity contribution in [3.05, 3.63) is 11.3 Å². The Labute approximate surface area is 85.1 Å². The average Bonchev–Trinajstić information content (AvgIpc) is 2.36. The van der Waals surface area contributed by atoms with Crippen LogP contribution in [0.5, 0.6) is 0 Å². The normalized spacial score (nSPS) is 9.79. The summed E-state index contributed by atoms with van der Waals surface area (Å²) in [7, 11) is 1.58. The van der Waals surface area contributed by atoms with E-state index in [0.717, 1.165) is 0 Å². The molecule has 1 rings (SSSR count). The number of aromatic carboxylic acids is 1. The highest BCUT2D eigenvalue weighted by Crippen LogP contribution is 2.30. The fourth-order valence-electron chi connectivity index (χ4n) is 1.29. The van der Waals surface area contributed by atoms with E-state index in [1.54, 1.807) is 13.3 Å². The van der Waals surface area contributed by atoms with Crippen molar-refractivity contribution in [3.8, 4) is 6.07 Å². The first kappa shape index (κ1) is 10.5. The summed E-state index contributed by atoms with van der Waals surface area (Å²) < 4.78 is 1.42. The number of nitriles is 1. The van der Waals surface area contributed by atoms with Crippen molar-refractivity contribution in [2.75, 3.05) is 12.0 Å². The van der Waals surface area contributed by atoms with E-state index in [-0.39, 0.29) is 16.9 Å². The summed E-state index contributed by atoms with van der Waals surface area (Å²) in [5.74, 6) is -1.12. The standard InChI is InChI=1S/C8H9N3O2S/c1-11-6(8(12)13)5(10)4(3-9)7(11)14-2/h10H2,1-2H3,(H,12,13). The van der Waals surface area contributed by atoms with Crippen LogP contribution in [0, 0.1) is 11.3 Å². The minimum Gasteiger partial charge on any atom is -0.477 e. The monoisotopic (exact) mass is 211 g/mol. The van der Waals surface area contributed by atoms with Gasteiger partial charge in [-0.3, -0.25) is 0 Å². The molecular weight excluding hydrogens is 202 g/mol. The lowest BCUT2D eigenvalue weighted by atomic mass is 10.3. The Hall–Kier alpha value is -1.61. The molecule has 0 saturated carbocycles. The van der Waals surface area contributed by atoms with E-state index in [1.807, 2.05) is 6.07 Å². The van der Waals surface area contributed by atoms with Crippen LogP contribution >= 0.6 is 11.8 Å². The van der Waals surface area contributed by atoms with Gasteiger partial charge in [0.25, 0.3) is 0 Å². The fraction of sp³-hybridized carbons (Fsp3) is 0.250. The summed E-state index contributed by atoms with van der Waals surface area (Å²) in [4.78, 5) is 10.8. The predicted octanol–water partition coefficient (Wildman–Crippen LogP) is 0.899. The van der Waals surface area contributed by atoms with Crippen molar-refractivity contribution in [2.45, 2.75) is 5.03 Å². The molecule has 0 aromatic carbocycles. The molecule has 0 atom stereocenters. The lowest BCUT2D eigenvalue weighted by Gasteiger charge is -2.00. The van der Waals surface area contributed by atoms with Crippen LogP contribution in [0.25, 0.3) is 0 Å². The van der Waals surface area contributed by atoms with Crippen LogP contribution in [0.4, 0.5) is 5.69 Å². The van der Waals surface area contributed by atoms with Gasteiger partial charge < -0.3 is 15.4 Å². The zero-order valence-electron chi connectivity index (χ0n) is 7.74. The Balaban J connectivity index is 3.57. The third-order valence-electron chi connectivity index (χ3n) is 1.89. The van der Waals surface area contributed by atoms with E-state index in [0.29, 0.717) is 5.03 Å². The van der Waals surface area contributed by atoms with Crippen LogP contribution in [0.1, 0.15) is 16.1 Å².